The molecule has 1 fully saturated rings. The van der Waals surface area contributed by atoms with Gasteiger partial charge in [-0.2, -0.15) is 0 Å². The number of benzene rings is 1. The molecule has 2 nitrogen and oxygen atoms in total. The molecule has 1 aromatic rings. The van der Waals surface area contributed by atoms with Crippen molar-refractivity contribution < 1.29 is 4.74 Å². The van der Waals surface area contributed by atoms with Crippen molar-refractivity contribution in [3.63, 3.8) is 0 Å². The minimum atomic E-state index is 0.647. The Labute approximate surface area is 104 Å². The Morgan fingerprint density at radius 1 is 1.24 bits per heavy atom. The quantitative estimate of drug-likeness (QED) is 0.848. The molecule has 1 aliphatic heterocycles. The van der Waals surface area contributed by atoms with E-state index in [1.54, 1.807) is 7.11 Å². The van der Waals surface area contributed by atoms with Gasteiger partial charge in [-0.1, -0.05) is 13.0 Å². The summed E-state index contributed by atoms with van der Waals surface area (Å²) in [6.07, 6.45) is 1.27. The molecule has 0 aliphatic carbocycles. The highest BCUT2D eigenvalue weighted by atomic mass is 16.5. The Hall–Kier alpha value is -1.02. The molecule has 0 saturated carbocycles. The Morgan fingerprint density at radius 2 is 2.00 bits per heavy atom. The summed E-state index contributed by atoms with van der Waals surface area (Å²) in [6, 6.07) is 4.48. The van der Waals surface area contributed by atoms with Crippen molar-refractivity contribution in [2.75, 3.05) is 20.2 Å². The standard InChI is InChI=1S/C15H23NO/c1-10-5-6-16-9-14(10)13-7-12(3)15(17-4)8-11(13)2/h7-8,10,14,16H,5-6,9H2,1-4H3. The number of methoxy groups -OCH3 is 1. The molecule has 0 amide bonds. The zero-order valence-electron chi connectivity index (χ0n) is 11.3. The lowest BCUT2D eigenvalue weighted by Crippen LogP contribution is -2.34. The highest BCUT2D eigenvalue weighted by molar-refractivity contribution is 5.43. The van der Waals surface area contributed by atoms with E-state index in [-0.39, 0.29) is 0 Å². The van der Waals surface area contributed by atoms with Gasteiger partial charge >= 0.3 is 0 Å². The maximum atomic E-state index is 5.38. The molecule has 2 heteroatoms. The molecular formula is C15H23NO. The number of aryl methyl sites for hydroxylation is 2. The fourth-order valence-corrected chi connectivity index (χ4v) is 2.84. The normalized spacial score (nSPS) is 24.7. The van der Waals surface area contributed by atoms with Crippen molar-refractivity contribution in [1.82, 2.24) is 5.32 Å². The maximum absolute atomic E-state index is 5.38. The summed E-state index contributed by atoms with van der Waals surface area (Å²) in [5.74, 6) is 2.42. The van der Waals surface area contributed by atoms with Gasteiger partial charge in [0.05, 0.1) is 7.11 Å². The van der Waals surface area contributed by atoms with Gasteiger partial charge in [0.15, 0.2) is 0 Å². The second-order valence-electron chi connectivity index (χ2n) is 5.25. The second kappa shape index (κ2) is 5.09. The van der Waals surface area contributed by atoms with Gasteiger partial charge in [0.25, 0.3) is 0 Å². The number of ether oxygens (including phenoxy) is 1. The molecule has 1 aliphatic rings. The van der Waals surface area contributed by atoms with Crippen molar-refractivity contribution in [1.29, 1.82) is 0 Å². The highest BCUT2D eigenvalue weighted by Gasteiger charge is 2.24. The molecule has 2 unspecified atom stereocenters. The number of hydrogen-bond donors (Lipinski definition) is 1. The van der Waals surface area contributed by atoms with Crippen molar-refractivity contribution >= 4 is 0 Å². The van der Waals surface area contributed by atoms with Crippen LogP contribution >= 0.6 is 0 Å². The minimum absolute atomic E-state index is 0.647. The summed E-state index contributed by atoms with van der Waals surface area (Å²) in [5.41, 5.74) is 4.09. The van der Waals surface area contributed by atoms with Gasteiger partial charge in [-0.3, -0.25) is 0 Å². The van der Waals surface area contributed by atoms with Gasteiger partial charge in [0, 0.05) is 6.54 Å². The molecule has 1 aromatic carbocycles. The Morgan fingerprint density at radius 3 is 2.65 bits per heavy atom. The SMILES string of the molecule is COc1cc(C)c(C2CNCCC2C)cc1C. The third-order valence-corrected chi connectivity index (χ3v) is 4.01. The van der Waals surface area contributed by atoms with Crippen LogP contribution in [0.15, 0.2) is 12.1 Å². The van der Waals surface area contributed by atoms with Crippen molar-refractivity contribution in [3.05, 3.63) is 28.8 Å². The van der Waals surface area contributed by atoms with Crippen LogP contribution in [-0.4, -0.2) is 20.2 Å². The lowest BCUT2D eigenvalue weighted by Gasteiger charge is -2.31. The van der Waals surface area contributed by atoms with E-state index in [1.165, 1.54) is 23.1 Å². The first-order chi connectivity index (χ1) is 8.13. The van der Waals surface area contributed by atoms with Crippen LogP contribution in [0.3, 0.4) is 0 Å². The van der Waals surface area contributed by atoms with E-state index in [0.717, 1.165) is 24.8 Å². The van der Waals surface area contributed by atoms with Gasteiger partial charge < -0.3 is 10.1 Å². The van der Waals surface area contributed by atoms with Crippen molar-refractivity contribution in [2.45, 2.75) is 33.1 Å². The van der Waals surface area contributed by atoms with E-state index in [4.69, 9.17) is 4.74 Å². The van der Waals surface area contributed by atoms with Crippen LogP contribution in [-0.2, 0) is 0 Å². The molecule has 1 saturated heterocycles. The molecule has 0 spiro atoms. The molecular weight excluding hydrogens is 210 g/mol. The average molecular weight is 233 g/mol. The summed E-state index contributed by atoms with van der Waals surface area (Å²) >= 11 is 0. The van der Waals surface area contributed by atoms with Crippen molar-refractivity contribution in [2.24, 2.45) is 5.92 Å². The van der Waals surface area contributed by atoms with E-state index in [9.17, 15) is 0 Å². The Balaban J connectivity index is 2.34. The predicted molar refractivity (Wildman–Crippen MR) is 71.9 cm³/mol. The third kappa shape index (κ3) is 2.47. The minimum Gasteiger partial charge on any atom is -0.496 e. The first-order valence-corrected chi connectivity index (χ1v) is 6.49. The van der Waals surface area contributed by atoms with Gasteiger partial charge in [0.1, 0.15) is 5.75 Å². The number of rotatable bonds is 2. The zero-order valence-corrected chi connectivity index (χ0v) is 11.3. The van der Waals surface area contributed by atoms with Crippen LogP contribution in [0.5, 0.6) is 5.75 Å². The molecule has 17 heavy (non-hydrogen) atoms. The third-order valence-electron chi connectivity index (χ3n) is 4.01. The fourth-order valence-electron chi connectivity index (χ4n) is 2.84. The number of hydrogen-bond acceptors (Lipinski definition) is 2. The summed E-state index contributed by atoms with van der Waals surface area (Å²) in [7, 11) is 1.74. The average Bonchev–Trinajstić information content (AvgIpc) is 2.32. The van der Waals surface area contributed by atoms with E-state index in [0.29, 0.717) is 5.92 Å². The highest BCUT2D eigenvalue weighted by Crippen LogP contribution is 2.34. The van der Waals surface area contributed by atoms with E-state index < -0.39 is 0 Å². The second-order valence-corrected chi connectivity index (χ2v) is 5.25. The fraction of sp³-hybridized carbons (Fsp3) is 0.600. The van der Waals surface area contributed by atoms with Gasteiger partial charge in [-0.05, 0) is 61.4 Å². The van der Waals surface area contributed by atoms with Crippen LogP contribution in [0, 0.1) is 19.8 Å². The van der Waals surface area contributed by atoms with Crippen LogP contribution in [0.2, 0.25) is 0 Å². The molecule has 1 N–H and O–H groups in total. The van der Waals surface area contributed by atoms with Crippen LogP contribution in [0.4, 0.5) is 0 Å². The maximum Gasteiger partial charge on any atom is 0.122 e. The first kappa shape index (κ1) is 12.4. The lowest BCUT2D eigenvalue weighted by molar-refractivity contribution is 0.346. The molecule has 0 radical (unpaired) electrons. The van der Waals surface area contributed by atoms with E-state index in [1.807, 2.05) is 0 Å². The molecule has 0 aromatic heterocycles. The molecule has 94 valence electrons. The molecule has 1 heterocycles. The Bertz CT molecular complexity index is 400. The van der Waals surface area contributed by atoms with Gasteiger partial charge in [-0.25, -0.2) is 0 Å². The van der Waals surface area contributed by atoms with Gasteiger partial charge in [-0.15, -0.1) is 0 Å². The smallest absolute Gasteiger partial charge is 0.122 e. The summed E-state index contributed by atoms with van der Waals surface area (Å²) in [4.78, 5) is 0. The van der Waals surface area contributed by atoms with Crippen LogP contribution < -0.4 is 10.1 Å². The molecule has 2 rings (SSSR count). The first-order valence-electron chi connectivity index (χ1n) is 6.49. The summed E-state index contributed by atoms with van der Waals surface area (Å²) < 4.78 is 5.38. The monoisotopic (exact) mass is 233 g/mol. The largest absolute Gasteiger partial charge is 0.496 e. The van der Waals surface area contributed by atoms with Crippen LogP contribution in [0.25, 0.3) is 0 Å². The topological polar surface area (TPSA) is 21.3 Å². The number of piperidine rings is 1. The summed E-state index contributed by atoms with van der Waals surface area (Å²) in [5, 5.41) is 3.51. The number of nitrogens with one attached hydrogen (secondary N) is 1. The Kier molecular flexibility index (Phi) is 3.72. The van der Waals surface area contributed by atoms with Gasteiger partial charge in [0.2, 0.25) is 0 Å². The molecule has 2 atom stereocenters. The summed E-state index contributed by atoms with van der Waals surface area (Å²) in [6.45, 7) is 8.95. The zero-order chi connectivity index (χ0) is 12.4. The molecule has 0 bridgehead atoms. The van der Waals surface area contributed by atoms with E-state index in [2.05, 4.69) is 38.2 Å². The lowest BCUT2D eigenvalue weighted by atomic mass is 9.80. The van der Waals surface area contributed by atoms with Crippen LogP contribution in [0.1, 0.15) is 36.0 Å². The van der Waals surface area contributed by atoms with E-state index >= 15 is 0 Å². The predicted octanol–water partition coefficient (Wildman–Crippen LogP) is 3.03. The van der Waals surface area contributed by atoms with Crippen molar-refractivity contribution in [3.8, 4) is 5.75 Å².